The first kappa shape index (κ1) is 19.7. The number of aliphatic imine (C=N–C) groups is 1. The molecule has 0 unspecified atom stereocenters. The number of pyridine rings is 1. The van der Waals surface area contributed by atoms with Gasteiger partial charge in [0.15, 0.2) is 0 Å². The molecule has 1 saturated carbocycles. The first-order valence-electron chi connectivity index (χ1n) is 11.8. The SMILES string of the molecule is O=CO.[2H]C1([2H])OC(N)=N[C@]12c1cc(-c3cncc(C)c3)ccc1C[C@]21CC[C@@H](OC)[C@H](C)C1. The molecule has 170 valence electrons. The molecular weight excluding hydrogens is 406 g/mol. The molecule has 2 aromatic rings. The number of benzene rings is 1. The average Bonchev–Trinajstić information content (AvgIpc) is 3.18. The number of rotatable bonds is 2. The minimum absolute atomic E-state index is 0.0682. The van der Waals surface area contributed by atoms with Gasteiger partial charge in [0.1, 0.15) is 12.1 Å². The van der Waals surface area contributed by atoms with Crippen LogP contribution in [0.1, 0.15) is 45.6 Å². The number of ether oxygens (including phenoxy) is 2. The van der Waals surface area contributed by atoms with Crippen molar-refractivity contribution in [3.05, 3.63) is 53.3 Å². The fourth-order valence-corrected chi connectivity index (χ4v) is 5.81. The van der Waals surface area contributed by atoms with Crippen molar-refractivity contribution in [2.24, 2.45) is 22.1 Å². The predicted octanol–water partition coefficient (Wildman–Crippen LogP) is 3.68. The Balaban J connectivity index is 0.000000868. The maximum absolute atomic E-state index is 8.93. The number of carboxylic acid groups (broad SMARTS) is 1. The second-order valence-corrected chi connectivity index (χ2v) is 9.04. The molecule has 3 aliphatic rings. The molecule has 1 fully saturated rings. The highest BCUT2D eigenvalue weighted by molar-refractivity contribution is 5.76. The lowest BCUT2D eigenvalue weighted by atomic mass is 9.59. The van der Waals surface area contributed by atoms with E-state index in [1.54, 1.807) is 7.11 Å². The van der Waals surface area contributed by atoms with E-state index in [4.69, 9.17) is 32.8 Å². The summed E-state index contributed by atoms with van der Waals surface area (Å²) in [7, 11) is 1.76. The highest BCUT2D eigenvalue weighted by Crippen LogP contribution is 2.62. The monoisotopic (exact) mass is 439 g/mol. The molecule has 1 aliphatic heterocycles. The lowest BCUT2D eigenvalue weighted by molar-refractivity contribution is -0.122. The molecule has 4 atom stereocenters. The summed E-state index contributed by atoms with van der Waals surface area (Å²) in [6.07, 6.45) is 7.09. The van der Waals surface area contributed by atoms with Gasteiger partial charge in [-0.2, -0.15) is 0 Å². The third kappa shape index (κ3) is 3.54. The molecule has 2 aliphatic carbocycles. The molecule has 7 nitrogen and oxygen atoms in total. The van der Waals surface area contributed by atoms with Gasteiger partial charge in [0, 0.05) is 30.5 Å². The summed E-state index contributed by atoms with van der Waals surface area (Å²) in [5.74, 6) is 0.290. The third-order valence-electron chi connectivity index (χ3n) is 7.14. The van der Waals surface area contributed by atoms with Gasteiger partial charge in [-0.05, 0) is 72.9 Å². The lowest BCUT2D eigenvalue weighted by Gasteiger charge is -2.47. The van der Waals surface area contributed by atoms with Gasteiger partial charge in [-0.1, -0.05) is 19.1 Å². The van der Waals surface area contributed by atoms with Crippen LogP contribution in [0, 0.1) is 18.3 Å². The van der Waals surface area contributed by atoms with Crippen molar-refractivity contribution in [3.8, 4) is 11.1 Å². The Labute approximate surface area is 191 Å². The Kier molecular flexibility index (Phi) is 5.27. The lowest BCUT2D eigenvalue weighted by Crippen LogP contribution is -2.48. The number of aryl methyl sites for hydroxylation is 1. The van der Waals surface area contributed by atoms with Crippen molar-refractivity contribution in [3.63, 3.8) is 0 Å². The van der Waals surface area contributed by atoms with Crippen LogP contribution in [0.2, 0.25) is 0 Å². The summed E-state index contributed by atoms with van der Waals surface area (Å²) in [4.78, 5) is 17.5. The maximum Gasteiger partial charge on any atom is 0.290 e. The zero-order chi connectivity index (χ0) is 24.7. The van der Waals surface area contributed by atoms with Gasteiger partial charge in [-0.15, -0.1) is 0 Å². The first-order valence-corrected chi connectivity index (χ1v) is 10.8. The van der Waals surface area contributed by atoms with Crippen LogP contribution in [0.25, 0.3) is 11.1 Å². The molecule has 5 rings (SSSR count). The Morgan fingerprint density at radius 1 is 1.34 bits per heavy atom. The van der Waals surface area contributed by atoms with Crippen LogP contribution in [-0.4, -0.2) is 42.4 Å². The standard InChI is InChI=1S/C24H29N3O2.CH2O2/c1-15-8-19(13-26-12-15)17-4-5-18-11-23(7-6-21(28-3)16(2)10-23)24(20(18)9-17)14-29-22(25)27-24;2-1-3/h4-5,8-9,12-13,16,21H,6-7,10-11,14H2,1-3H3,(H2,25,27);1H,(H,2,3)/t16-,21-,23-,24+;/m1./s1/i14D2;. The fourth-order valence-electron chi connectivity index (χ4n) is 5.81. The van der Waals surface area contributed by atoms with E-state index in [1.165, 1.54) is 0 Å². The molecule has 1 aromatic carbocycles. The van der Waals surface area contributed by atoms with Gasteiger partial charge < -0.3 is 20.3 Å². The van der Waals surface area contributed by atoms with E-state index in [9.17, 15) is 0 Å². The molecule has 2 heterocycles. The van der Waals surface area contributed by atoms with Crippen LogP contribution in [-0.2, 0) is 26.2 Å². The first-order chi connectivity index (χ1) is 16.1. The molecule has 2 spiro atoms. The largest absolute Gasteiger partial charge is 0.483 e. The molecule has 32 heavy (non-hydrogen) atoms. The highest BCUT2D eigenvalue weighted by Gasteiger charge is 2.62. The second-order valence-electron chi connectivity index (χ2n) is 9.04. The summed E-state index contributed by atoms with van der Waals surface area (Å²) in [6, 6.07) is 8.33. The molecule has 1 aromatic heterocycles. The highest BCUT2D eigenvalue weighted by atomic mass is 16.5. The Morgan fingerprint density at radius 3 is 2.75 bits per heavy atom. The molecule has 0 amide bonds. The zero-order valence-electron chi connectivity index (χ0n) is 20.7. The Hall–Kier alpha value is -2.93. The van der Waals surface area contributed by atoms with Crippen LogP contribution in [0.5, 0.6) is 0 Å². The smallest absolute Gasteiger partial charge is 0.290 e. The zero-order valence-corrected chi connectivity index (χ0v) is 18.7. The van der Waals surface area contributed by atoms with Crippen LogP contribution in [0.15, 0.2) is 41.7 Å². The van der Waals surface area contributed by atoms with Crippen LogP contribution in [0.3, 0.4) is 0 Å². The molecule has 3 N–H and O–H groups in total. The van der Waals surface area contributed by atoms with E-state index in [0.29, 0.717) is 5.92 Å². The topological polar surface area (TPSA) is 107 Å². The van der Waals surface area contributed by atoms with Gasteiger partial charge >= 0.3 is 0 Å². The molecule has 0 bridgehead atoms. The quantitative estimate of drug-likeness (QED) is 0.692. The van der Waals surface area contributed by atoms with Gasteiger partial charge in [0.05, 0.1) is 8.85 Å². The fraction of sp³-hybridized carbons (Fsp3) is 0.480. The number of hydrogen-bond donors (Lipinski definition) is 2. The normalized spacial score (nSPS) is 32.8. The van der Waals surface area contributed by atoms with Crippen LogP contribution < -0.4 is 5.73 Å². The number of amidine groups is 1. The Morgan fingerprint density at radius 2 is 2.12 bits per heavy atom. The van der Waals surface area contributed by atoms with E-state index >= 15 is 0 Å². The number of hydrogen-bond acceptors (Lipinski definition) is 6. The second kappa shape index (κ2) is 8.54. The number of aromatic nitrogens is 1. The van der Waals surface area contributed by atoms with Crippen molar-refractivity contribution in [2.45, 2.75) is 51.2 Å². The number of fused-ring (bicyclic) bond motifs is 3. The summed E-state index contributed by atoms with van der Waals surface area (Å²) < 4.78 is 29.1. The van der Waals surface area contributed by atoms with Gasteiger partial charge in [0.25, 0.3) is 12.5 Å². The van der Waals surface area contributed by atoms with Crippen LogP contribution in [0.4, 0.5) is 0 Å². The molecule has 7 heteroatoms. The van der Waals surface area contributed by atoms with Crippen molar-refractivity contribution >= 4 is 12.5 Å². The van der Waals surface area contributed by atoms with E-state index in [0.717, 1.165) is 53.5 Å². The van der Waals surface area contributed by atoms with E-state index in [1.807, 2.05) is 19.3 Å². The molecule has 0 radical (unpaired) electrons. The van der Waals surface area contributed by atoms with Gasteiger partial charge in [-0.3, -0.25) is 9.78 Å². The summed E-state index contributed by atoms with van der Waals surface area (Å²) >= 11 is 0. The van der Waals surface area contributed by atoms with Gasteiger partial charge in [-0.25, -0.2) is 4.99 Å². The van der Waals surface area contributed by atoms with Crippen molar-refractivity contribution in [2.75, 3.05) is 13.7 Å². The maximum atomic E-state index is 8.93. The molecule has 0 saturated heterocycles. The van der Waals surface area contributed by atoms with E-state index < -0.39 is 17.5 Å². The minimum atomic E-state index is -2.02. The number of nitrogens with two attached hydrogens (primary N) is 1. The average molecular weight is 440 g/mol. The number of nitrogens with zero attached hydrogens (tertiary/aromatic N) is 2. The van der Waals surface area contributed by atoms with Crippen molar-refractivity contribution in [1.82, 2.24) is 4.98 Å². The summed E-state index contributed by atoms with van der Waals surface area (Å²) in [5, 5.41) is 6.89. The van der Waals surface area contributed by atoms with Gasteiger partial charge in [0.2, 0.25) is 0 Å². The third-order valence-corrected chi connectivity index (χ3v) is 7.14. The van der Waals surface area contributed by atoms with E-state index in [-0.39, 0.29) is 18.6 Å². The number of methoxy groups -OCH3 is 1. The van der Waals surface area contributed by atoms with Crippen molar-refractivity contribution < 1.29 is 22.1 Å². The summed E-state index contributed by atoms with van der Waals surface area (Å²) in [6.45, 7) is 1.93. The van der Waals surface area contributed by atoms with Crippen molar-refractivity contribution in [1.29, 1.82) is 0 Å². The van der Waals surface area contributed by atoms with Crippen LogP contribution >= 0.6 is 0 Å². The predicted molar refractivity (Wildman–Crippen MR) is 122 cm³/mol. The van der Waals surface area contributed by atoms with E-state index in [2.05, 4.69) is 36.2 Å². The molecular formula is C25H31N3O4. The summed E-state index contributed by atoms with van der Waals surface area (Å²) in [5.41, 5.74) is 9.55. The number of carbonyl (C=O) groups is 1. The minimum Gasteiger partial charge on any atom is -0.483 e. The Bertz CT molecular complexity index is 1130.